The van der Waals surface area contributed by atoms with E-state index in [9.17, 15) is 19.2 Å². The van der Waals surface area contributed by atoms with Crippen LogP contribution in [0.4, 0.5) is 4.39 Å². The number of aryl methyl sites for hydroxylation is 1. The third-order valence-corrected chi connectivity index (χ3v) is 8.49. The van der Waals surface area contributed by atoms with Crippen molar-refractivity contribution in [3.63, 3.8) is 0 Å². The number of nitrogens with zero attached hydrogens (tertiary/aromatic N) is 4. The van der Waals surface area contributed by atoms with Gasteiger partial charge in [-0.2, -0.15) is 5.26 Å². The summed E-state index contributed by atoms with van der Waals surface area (Å²) in [5.74, 6) is 0.0559. The van der Waals surface area contributed by atoms with Gasteiger partial charge in [0.1, 0.15) is 23.4 Å². The van der Waals surface area contributed by atoms with Crippen molar-refractivity contribution in [1.82, 2.24) is 14.8 Å². The maximum atomic E-state index is 13.8. The highest BCUT2D eigenvalue weighted by atomic mass is 19.1. The standard InChI is InChI=1S/C31H29FN4O3/c1-20-17-34-26(30(38)35-13-10-31(19-33,11-14-35)21-5-3-2-4-6-21)16-24(20)29(37)36-12-9-23-25-15-22(32)7-8-27(25)39-28(23)18-36/h2-8,15-17,23,28H,9-14,18H2,1H3. The second kappa shape index (κ2) is 9.81. The van der Waals surface area contributed by atoms with Crippen molar-refractivity contribution in [3.8, 4) is 11.8 Å². The number of halogens is 1. The number of likely N-dealkylation sites (tertiary alicyclic amines) is 2. The monoisotopic (exact) mass is 524 g/mol. The van der Waals surface area contributed by atoms with Gasteiger partial charge < -0.3 is 14.5 Å². The highest BCUT2D eigenvalue weighted by Crippen LogP contribution is 2.43. The van der Waals surface area contributed by atoms with E-state index >= 15 is 0 Å². The predicted octanol–water partition coefficient (Wildman–Crippen LogP) is 4.62. The smallest absolute Gasteiger partial charge is 0.272 e. The number of aromatic nitrogens is 1. The maximum Gasteiger partial charge on any atom is 0.272 e. The van der Waals surface area contributed by atoms with E-state index in [4.69, 9.17) is 4.74 Å². The van der Waals surface area contributed by atoms with Crippen LogP contribution in [0, 0.1) is 24.1 Å². The molecule has 3 aromatic rings. The lowest BCUT2D eigenvalue weighted by molar-refractivity contribution is 0.0543. The van der Waals surface area contributed by atoms with Crippen LogP contribution in [0.3, 0.4) is 0 Å². The first-order valence-corrected chi connectivity index (χ1v) is 13.4. The zero-order valence-electron chi connectivity index (χ0n) is 21.8. The van der Waals surface area contributed by atoms with Gasteiger partial charge in [0.2, 0.25) is 0 Å². The van der Waals surface area contributed by atoms with Gasteiger partial charge in [0.25, 0.3) is 11.8 Å². The Hall–Kier alpha value is -4.25. The van der Waals surface area contributed by atoms with E-state index in [0.29, 0.717) is 62.3 Å². The summed E-state index contributed by atoms with van der Waals surface area (Å²) in [7, 11) is 0. The molecule has 3 aliphatic rings. The first-order valence-electron chi connectivity index (χ1n) is 13.4. The van der Waals surface area contributed by atoms with Gasteiger partial charge in [-0.3, -0.25) is 14.6 Å². The second-order valence-corrected chi connectivity index (χ2v) is 10.7. The Morgan fingerprint density at radius 1 is 1.05 bits per heavy atom. The van der Waals surface area contributed by atoms with Crippen molar-refractivity contribution < 1.29 is 18.7 Å². The quantitative estimate of drug-likeness (QED) is 0.499. The Balaban J connectivity index is 1.15. The third-order valence-electron chi connectivity index (χ3n) is 8.49. The fraction of sp³-hybridized carbons (Fsp3) is 0.355. The van der Waals surface area contributed by atoms with Crippen molar-refractivity contribution in [1.29, 1.82) is 5.26 Å². The van der Waals surface area contributed by atoms with Crippen LogP contribution in [0.2, 0.25) is 0 Å². The van der Waals surface area contributed by atoms with Crippen molar-refractivity contribution in [3.05, 3.63) is 94.6 Å². The number of fused-ring (bicyclic) bond motifs is 3. The van der Waals surface area contributed by atoms with E-state index in [0.717, 1.165) is 11.1 Å². The van der Waals surface area contributed by atoms with E-state index in [2.05, 4.69) is 11.1 Å². The van der Waals surface area contributed by atoms with E-state index in [1.54, 1.807) is 28.1 Å². The molecule has 2 amide bonds. The SMILES string of the molecule is Cc1cnc(C(=O)N2CCC(C#N)(c3ccccc3)CC2)cc1C(=O)N1CCC2c3cc(F)ccc3OC2C1. The van der Waals surface area contributed by atoms with E-state index < -0.39 is 5.41 Å². The largest absolute Gasteiger partial charge is 0.488 e. The Morgan fingerprint density at radius 2 is 1.82 bits per heavy atom. The molecular formula is C31H29FN4O3. The minimum Gasteiger partial charge on any atom is -0.488 e. The third kappa shape index (κ3) is 4.42. The molecule has 198 valence electrons. The first kappa shape index (κ1) is 25.1. The molecule has 0 saturated carbocycles. The molecule has 0 aliphatic carbocycles. The van der Waals surface area contributed by atoms with Gasteiger partial charge in [0, 0.05) is 42.9 Å². The fourth-order valence-electron chi connectivity index (χ4n) is 6.17. The normalized spacial score (nSPS) is 21.4. The molecule has 0 spiro atoms. The number of rotatable bonds is 3. The van der Waals surface area contributed by atoms with E-state index in [1.165, 1.54) is 12.1 Å². The molecule has 0 bridgehead atoms. The number of carbonyl (C=O) groups is 2. The Morgan fingerprint density at radius 3 is 2.56 bits per heavy atom. The number of nitriles is 1. The summed E-state index contributed by atoms with van der Waals surface area (Å²) < 4.78 is 19.8. The molecule has 2 aromatic carbocycles. The zero-order chi connectivity index (χ0) is 27.1. The summed E-state index contributed by atoms with van der Waals surface area (Å²) in [6.45, 7) is 3.61. The molecule has 2 saturated heterocycles. The molecule has 2 atom stereocenters. The molecule has 6 rings (SSSR count). The lowest BCUT2D eigenvalue weighted by Gasteiger charge is -2.37. The highest BCUT2D eigenvalue weighted by Gasteiger charge is 2.41. The number of benzene rings is 2. The molecule has 2 fully saturated rings. The molecule has 2 unspecified atom stereocenters. The molecule has 0 N–H and O–H groups in total. The Labute approximate surface area is 226 Å². The van der Waals surface area contributed by atoms with Crippen LogP contribution in [0.25, 0.3) is 0 Å². The Bertz CT molecular complexity index is 1480. The van der Waals surface area contributed by atoms with Gasteiger partial charge in [-0.25, -0.2) is 4.39 Å². The average molecular weight is 525 g/mol. The van der Waals surface area contributed by atoms with Gasteiger partial charge in [0.05, 0.1) is 18.0 Å². The van der Waals surface area contributed by atoms with Gasteiger partial charge in [-0.15, -0.1) is 0 Å². The van der Waals surface area contributed by atoms with E-state index in [-0.39, 0.29) is 35.3 Å². The lowest BCUT2D eigenvalue weighted by atomic mass is 9.74. The van der Waals surface area contributed by atoms with Crippen LogP contribution >= 0.6 is 0 Å². The molecule has 4 heterocycles. The number of hydrogen-bond donors (Lipinski definition) is 0. The van der Waals surface area contributed by atoms with Crippen LogP contribution in [0.15, 0.2) is 60.8 Å². The lowest BCUT2D eigenvalue weighted by Crippen LogP contribution is -2.46. The number of ether oxygens (including phenoxy) is 1. The highest BCUT2D eigenvalue weighted by molar-refractivity contribution is 5.99. The van der Waals surface area contributed by atoms with Crippen LogP contribution in [0.5, 0.6) is 5.75 Å². The van der Waals surface area contributed by atoms with Crippen molar-refractivity contribution in [2.75, 3.05) is 26.2 Å². The zero-order valence-corrected chi connectivity index (χ0v) is 21.8. The van der Waals surface area contributed by atoms with Crippen LogP contribution in [-0.4, -0.2) is 58.9 Å². The molecule has 0 radical (unpaired) electrons. The van der Waals surface area contributed by atoms with Crippen LogP contribution < -0.4 is 4.74 Å². The van der Waals surface area contributed by atoms with Gasteiger partial charge in [0.15, 0.2) is 0 Å². The molecule has 3 aliphatic heterocycles. The first-order chi connectivity index (χ1) is 18.9. The number of amides is 2. The number of carbonyl (C=O) groups excluding carboxylic acids is 2. The summed E-state index contributed by atoms with van der Waals surface area (Å²) >= 11 is 0. The summed E-state index contributed by atoms with van der Waals surface area (Å²) in [4.78, 5) is 34.8. The van der Waals surface area contributed by atoms with Gasteiger partial charge >= 0.3 is 0 Å². The second-order valence-electron chi connectivity index (χ2n) is 10.7. The van der Waals surface area contributed by atoms with Crippen molar-refractivity contribution >= 4 is 11.8 Å². The molecule has 8 heteroatoms. The number of piperidine rings is 2. The minimum atomic E-state index is -0.611. The number of pyridine rings is 1. The summed E-state index contributed by atoms with van der Waals surface area (Å²) in [6.07, 6.45) is 3.12. The van der Waals surface area contributed by atoms with E-state index in [1.807, 2.05) is 37.3 Å². The summed E-state index contributed by atoms with van der Waals surface area (Å²) in [6, 6.07) is 18.4. The van der Waals surface area contributed by atoms with Crippen molar-refractivity contribution in [2.24, 2.45) is 0 Å². The molecule has 39 heavy (non-hydrogen) atoms. The summed E-state index contributed by atoms with van der Waals surface area (Å²) in [5, 5.41) is 9.98. The van der Waals surface area contributed by atoms with Crippen LogP contribution in [-0.2, 0) is 5.41 Å². The van der Waals surface area contributed by atoms with Gasteiger partial charge in [-0.05, 0) is 61.6 Å². The summed E-state index contributed by atoms with van der Waals surface area (Å²) in [5.41, 5.74) is 2.60. The average Bonchev–Trinajstić information content (AvgIpc) is 3.34. The van der Waals surface area contributed by atoms with Gasteiger partial charge in [-0.1, -0.05) is 30.3 Å². The fourth-order valence-corrected chi connectivity index (χ4v) is 6.17. The van der Waals surface area contributed by atoms with Crippen molar-refractivity contribution in [2.45, 2.75) is 43.6 Å². The molecular weight excluding hydrogens is 495 g/mol. The topological polar surface area (TPSA) is 86.5 Å². The molecule has 7 nitrogen and oxygen atoms in total. The maximum absolute atomic E-state index is 13.8. The van der Waals surface area contributed by atoms with Crippen LogP contribution in [0.1, 0.15) is 62.7 Å². The molecule has 1 aromatic heterocycles. The minimum absolute atomic E-state index is 0.0611. The number of hydrogen-bond acceptors (Lipinski definition) is 5. The Kier molecular flexibility index (Phi) is 6.30. The predicted molar refractivity (Wildman–Crippen MR) is 142 cm³/mol.